The van der Waals surface area contributed by atoms with Crippen molar-refractivity contribution in [1.82, 2.24) is 4.98 Å². The van der Waals surface area contributed by atoms with Crippen LogP contribution >= 0.6 is 23.7 Å². The largest absolute Gasteiger partial charge is 0.497 e. The minimum Gasteiger partial charge on any atom is -0.497 e. The van der Waals surface area contributed by atoms with Crippen molar-refractivity contribution in [1.29, 1.82) is 0 Å². The molecule has 1 aromatic heterocycles. The zero-order valence-electron chi connectivity index (χ0n) is 14.2. The van der Waals surface area contributed by atoms with Gasteiger partial charge in [0, 0.05) is 12.0 Å². The number of rotatable bonds is 6. The second-order valence-electron chi connectivity index (χ2n) is 5.28. The number of methoxy groups -OCH3 is 2. The first-order valence-corrected chi connectivity index (χ1v) is 8.55. The molecule has 0 fully saturated rings. The highest BCUT2D eigenvalue weighted by molar-refractivity contribution is 7.15. The number of benzene rings is 2. The second-order valence-corrected chi connectivity index (χ2v) is 6.36. The number of hydrogen-bond donors (Lipinski definition) is 1. The highest BCUT2D eigenvalue weighted by Crippen LogP contribution is 2.38. The summed E-state index contributed by atoms with van der Waals surface area (Å²) >= 11 is 1.69. The fourth-order valence-corrected chi connectivity index (χ4v) is 3.58. The highest BCUT2D eigenvalue weighted by atomic mass is 35.5. The van der Waals surface area contributed by atoms with Gasteiger partial charge in [-0.2, -0.15) is 0 Å². The first kappa shape index (κ1) is 19.2. The molecular weight excluding hydrogens is 356 g/mol. The molecule has 132 valence electrons. The lowest BCUT2D eigenvalue weighted by Crippen LogP contribution is -2.01. The molecule has 0 atom stereocenters. The summed E-state index contributed by atoms with van der Waals surface area (Å²) in [5.41, 5.74) is 8.89. The summed E-state index contributed by atoms with van der Waals surface area (Å²) in [6.07, 6.45) is 0.782. The standard InChI is InChI=1S/C19H20N2O2S.ClH/c1-22-15-7-3-13(4-8-15)18-19(24-17(21-18)11-12-20)14-5-9-16(23-2)10-6-14;/h3-10H,11-12,20H2,1-2H3;1H. The van der Waals surface area contributed by atoms with E-state index >= 15 is 0 Å². The second kappa shape index (κ2) is 8.85. The molecular formula is C19H21ClN2O2S. The molecule has 0 spiro atoms. The van der Waals surface area contributed by atoms with Crippen molar-refractivity contribution in [3.8, 4) is 33.2 Å². The lowest BCUT2D eigenvalue weighted by Gasteiger charge is -2.05. The molecule has 0 aliphatic carbocycles. The molecule has 0 unspecified atom stereocenters. The van der Waals surface area contributed by atoms with Crippen molar-refractivity contribution in [3.05, 3.63) is 53.5 Å². The lowest BCUT2D eigenvalue weighted by molar-refractivity contribution is 0.414. The summed E-state index contributed by atoms with van der Waals surface area (Å²) in [6, 6.07) is 16.0. The van der Waals surface area contributed by atoms with Crippen LogP contribution in [-0.2, 0) is 6.42 Å². The molecule has 0 aliphatic rings. The van der Waals surface area contributed by atoms with Gasteiger partial charge in [0.1, 0.15) is 11.5 Å². The minimum atomic E-state index is 0. The molecule has 3 aromatic rings. The summed E-state index contributed by atoms with van der Waals surface area (Å²) in [7, 11) is 3.34. The molecule has 0 bridgehead atoms. The highest BCUT2D eigenvalue weighted by Gasteiger charge is 2.15. The van der Waals surface area contributed by atoms with Crippen LogP contribution in [-0.4, -0.2) is 25.7 Å². The molecule has 0 amide bonds. The van der Waals surface area contributed by atoms with Gasteiger partial charge in [0.15, 0.2) is 0 Å². The molecule has 6 heteroatoms. The Kier molecular flexibility index (Phi) is 6.82. The molecule has 0 aliphatic heterocycles. The summed E-state index contributed by atoms with van der Waals surface area (Å²) in [5.74, 6) is 1.68. The quantitative estimate of drug-likeness (QED) is 0.692. The Morgan fingerprint density at radius 2 is 1.40 bits per heavy atom. The maximum Gasteiger partial charge on any atom is 0.118 e. The van der Waals surface area contributed by atoms with Gasteiger partial charge in [0.2, 0.25) is 0 Å². The zero-order chi connectivity index (χ0) is 16.9. The Morgan fingerprint density at radius 1 is 0.880 bits per heavy atom. The minimum absolute atomic E-state index is 0. The maximum atomic E-state index is 5.71. The molecule has 0 saturated carbocycles. The fraction of sp³-hybridized carbons (Fsp3) is 0.211. The fourth-order valence-electron chi connectivity index (χ4n) is 2.48. The first-order chi connectivity index (χ1) is 11.7. The summed E-state index contributed by atoms with van der Waals surface area (Å²) in [6.45, 7) is 0.595. The van der Waals surface area contributed by atoms with E-state index in [0.717, 1.165) is 44.6 Å². The molecule has 3 rings (SSSR count). The summed E-state index contributed by atoms with van der Waals surface area (Å²) in [4.78, 5) is 5.96. The Morgan fingerprint density at radius 3 is 1.88 bits per heavy atom. The predicted molar refractivity (Wildman–Crippen MR) is 106 cm³/mol. The van der Waals surface area contributed by atoms with E-state index in [2.05, 4.69) is 12.1 Å². The summed E-state index contributed by atoms with van der Waals surface area (Å²) in [5, 5.41) is 1.05. The molecule has 2 aromatic carbocycles. The third kappa shape index (κ3) is 4.31. The first-order valence-electron chi connectivity index (χ1n) is 7.73. The van der Waals surface area contributed by atoms with E-state index in [1.54, 1.807) is 25.6 Å². The third-order valence-corrected chi connectivity index (χ3v) is 4.91. The Bertz CT molecular complexity index is 736. The summed E-state index contributed by atoms with van der Waals surface area (Å²) < 4.78 is 10.5. The van der Waals surface area contributed by atoms with Crippen molar-refractivity contribution < 1.29 is 9.47 Å². The van der Waals surface area contributed by atoms with Crippen LogP contribution in [0, 0.1) is 0 Å². The Hall–Kier alpha value is -2.08. The Labute approximate surface area is 158 Å². The predicted octanol–water partition coefficient (Wildman–Crippen LogP) is 4.42. The van der Waals surface area contributed by atoms with Crippen molar-refractivity contribution in [2.24, 2.45) is 5.73 Å². The average Bonchev–Trinajstić information content (AvgIpc) is 3.06. The van der Waals surface area contributed by atoms with Gasteiger partial charge >= 0.3 is 0 Å². The number of thiazole rings is 1. The van der Waals surface area contributed by atoms with Crippen LogP contribution < -0.4 is 15.2 Å². The van der Waals surface area contributed by atoms with Crippen LogP contribution in [0.5, 0.6) is 11.5 Å². The van der Waals surface area contributed by atoms with Gasteiger partial charge < -0.3 is 15.2 Å². The van der Waals surface area contributed by atoms with Gasteiger partial charge in [0.05, 0.1) is 29.8 Å². The van der Waals surface area contributed by atoms with E-state index in [9.17, 15) is 0 Å². The number of aromatic nitrogens is 1. The third-order valence-electron chi connectivity index (χ3n) is 3.75. The molecule has 4 nitrogen and oxygen atoms in total. The van der Waals surface area contributed by atoms with Crippen molar-refractivity contribution in [3.63, 3.8) is 0 Å². The zero-order valence-corrected chi connectivity index (χ0v) is 15.8. The molecule has 0 saturated heterocycles. The van der Waals surface area contributed by atoms with E-state index in [0.29, 0.717) is 6.54 Å². The van der Waals surface area contributed by atoms with E-state index in [1.807, 2.05) is 36.4 Å². The van der Waals surface area contributed by atoms with Crippen molar-refractivity contribution in [2.45, 2.75) is 6.42 Å². The van der Waals surface area contributed by atoms with Gasteiger partial charge in [-0.25, -0.2) is 4.98 Å². The van der Waals surface area contributed by atoms with E-state index in [-0.39, 0.29) is 12.4 Å². The number of halogens is 1. The molecule has 25 heavy (non-hydrogen) atoms. The van der Waals surface area contributed by atoms with Gasteiger partial charge in [-0.15, -0.1) is 23.7 Å². The van der Waals surface area contributed by atoms with Gasteiger partial charge in [-0.1, -0.05) is 0 Å². The van der Waals surface area contributed by atoms with Crippen LogP contribution in [0.2, 0.25) is 0 Å². The van der Waals surface area contributed by atoms with Crippen molar-refractivity contribution >= 4 is 23.7 Å². The number of nitrogens with zero attached hydrogens (tertiary/aromatic N) is 1. The van der Waals surface area contributed by atoms with E-state index in [1.165, 1.54) is 0 Å². The molecule has 1 heterocycles. The van der Waals surface area contributed by atoms with E-state index < -0.39 is 0 Å². The van der Waals surface area contributed by atoms with Crippen LogP contribution in [0.3, 0.4) is 0 Å². The van der Waals surface area contributed by atoms with Crippen LogP contribution in [0.1, 0.15) is 5.01 Å². The molecule has 0 radical (unpaired) electrons. The van der Waals surface area contributed by atoms with Crippen molar-refractivity contribution in [2.75, 3.05) is 20.8 Å². The van der Waals surface area contributed by atoms with Gasteiger partial charge in [0.25, 0.3) is 0 Å². The monoisotopic (exact) mass is 376 g/mol. The normalized spacial score (nSPS) is 10.2. The number of hydrogen-bond acceptors (Lipinski definition) is 5. The van der Waals surface area contributed by atoms with Crippen LogP contribution in [0.25, 0.3) is 21.7 Å². The Balaban J connectivity index is 0.00000225. The molecule has 2 N–H and O–H groups in total. The van der Waals surface area contributed by atoms with Gasteiger partial charge in [-0.3, -0.25) is 0 Å². The lowest BCUT2D eigenvalue weighted by atomic mass is 10.1. The van der Waals surface area contributed by atoms with Crippen LogP contribution in [0.15, 0.2) is 48.5 Å². The average molecular weight is 377 g/mol. The number of ether oxygens (including phenoxy) is 2. The van der Waals surface area contributed by atoms with E-state index in [4.69, 9.17) is 20.2 Å². The van der Waals surface area contributed by atoms with Crippen LogP contribution in [0.4, 0.5) is 0 Å². The number of nitrogens with two attached hydrogens (primary N) is 1. The van der Waals surface area contributed by atoms with Gasteiger partial charge in [-0.05, 0) is 60.6 Å². The SMILES string of the molecule is COc1ccc(-c2nc(CCN)sc2-c2ccc(OC)cc2)cc1.Cl. The smallest absolute Gasteiger partial charge is 0.118 e. The topological polar surface area (TPSA) is 57.4 Å². The maximum absolute atomic E-state index is 5.71.